The average Bonchev–Trinajstić information content (AvgIpc) is 3.05. The van der Waals surface area contributed by atoms with Gasteiger partial charge in [0.2, 0.25) is 0 Å². The Kier molecular flexibility index (Phi) is 2.86. The van der Waals surface area contributed by atoms with Crippen molar-refractivity contribution in [3.63, 3.8) is 0 Å². The molecule has 0 bridgehead atoms. The van der Waals surface area contributed by atoms with E-state index in [1.165, 1.54) is 25.7 Å². The highest BCUT2D eigenvalue weighted by Crippen LogP contribution is 2.71. The van der Waals surface area contributed by atoms with Crippen LogP contribution < -0.4 is 0 Å². The first-order valence-electron chi connectivity index (χ1n) is 9.09. The minimum absolute atomic E-state index is 0.152. The molecule has 1 spiro atoms. The van der Waals surface area contributed by atoms with E-state index < -0.39 is 8.32 Å². The first-order valence-corrected chi connectivity index (χ1v) is 12.0. The molecule has 3 atom stereocenters. The quantitative estimate of drug-likeness (QED) is 0.549. The Morgan fingerprint density at radius 2 is 1.91 bits per heavy atom. The lowest BCUT2D eigenvalue weighted by Gasteiger charge is -2.57. The van der Waals surface area contributed by atoms with Crippen molar-refractivity contribution < 1.29 is 9.22 Å². The van der Waals surface area contributed by atoms with Crippen LogP contribution in [0.2, 0.25) is 18.1 Å². The van der Waals surface area contributed by atoms with Crippen molar-refractivity contribution in [2.75, 3.05) is 0 Å². The predicted molar refractivity (Wildman–Crippen MR) is 91.2 cm³/mol. The van der Waals surface area contributed by atoms with Crippen molar-refractivity contribution in [2.24, 2.45) is 17.3 Å². The first kappa shape index (κ1) is 15.1. The minimum atomic E-state index is -1.87. The van der Waals surface area contributed by atoms with E-state index in [1.54, 1.807) is 5.57 Å². The lowest BCUT2D eigenvalue weighted by atomic mass is 9.54. The molecule has 0 heterocycles. The number of rotatable bonds is 3. The van der Waals surface area contributed by atoms with Crippen LogP contribution in [0.5, 0.6) is 0 Å². The van der Waals surface area contributed by atoms with Gasteiger partial charge < -0.3 is 4.43 Å². The van der Waals surface area contributed by atoms with Gasteiger partial charge in [-0.05, 0) is 55.7 Å². The van der Waals surface area contributed by atoms with Gasteiger partial charge in [0.25, 0.3) is 0 Å². The highest BCUT2D eigenvalue weighted by Gasteiger charge is 2.75. The first-order chi connectivity index (χ1) is 10.1. The molecule has 0 aromatic rings. The second-order valence-corrected chi connectivity index (χ2v) is 14.4. The molecule has 4 aliphatic rings. The van der Waals surface area contributed by atoms with Crippen molar-refractivity contribution in [1.82, 2.24) is 0 Å². The predicted octanol–water partition coefficient (Wildman–Crippen LogP) is 4.86. The average molecular weight is 319 g/mol. The van der Waals surface area contributed by atoms with Crippen molar-refractivity contribution in [3.8, 4) is 0 Å². The summed E-state index contributed by atoms with van der Waals surface area (Å²) in [5.41, 5.74) is 1.23. The van der Waals surface area contributed by atoms with Gasteiger partial charge in [-0.25, -0.2) is 0 Å². The zero-order valence-electron chi connectivity index (χ0n) is 14.8. The van der Waals surface area contributed by atoms with Gasteiger partial charge in [0.15, 0.2) is 8.32 Å². The molecule has 0 radical (unpaired) electrons. The smallest absolute Gasteiger partial charge is 0.193 e. The number of ketones is 1. The van der Waals surface area contributed by atoms with E-state index in [1.807, 2.05) is 0 Å². The summed E-state index contributed by atoms with van der Waals surface area (Å²) in [6.07, 6.45) is 9.28. The Hall–Kier alpha value is -0.413. The molecule has 0 unspecified atom stereocenters. The third-order valence-corrected chi connectivity index (χ3v) is 11.9. The zero-order valence-corrected chi connectivity index (χ0v) is 15.8. The van der Waals surface area contributed by atoms with Crippen LogP contribution in [0, 0.1) is 17.3 Å². The number of allylic oxidation sites excluding steroid dienone is 1. The van der Waals surface area contributed by atoms with Crippen LogP contribution in [-0.2, 0) is 9.22 Å². The van der Waals surface area contributed by atoms with Gasteiger partial charge in [-0.1, -0.05) is 38.8 Å². The second kappa shape index (κ2) is 4.16. The van der Waals surface area contributed by atoms with Gasteiger partial charge in [0, 0.05) is 6.42 Å². The van der Waals surface area contributed by atoms with Crippen LogP contribution in [0.25, 0.3) is 0 Å². The van der Waals surface area contributed by atoms with E-state index >= 15 is 0 Å². The summed E-state index contributed by atoms with van der Waals surface area (Å²) in [5, 5.41) is 0.200. The van der Waals surface area contributed by atoms with E-state index in [-0.39, 0.29) is 16.1 Å². The van der Waals surface area contributed by atoms with E-state index in [0.29, 0.717) is 18.1 Å². The molecule has 0 aromatic heterocycles. The van der Waals surface area contributed by atoms with Gasteiger partial charge in [-0.2, -0.15) is 0 Å². The van der Waals surface area contributed by atoms with Crippen LogP contribution >= 0.6 is 0 Å². The summed E-state index contributed by atoms with van der Waals surface area (Å²) in [6, 6.07) is 0. The monoisotopic (exact) mass is 318 g/mol. The summed E-state index contributed by atoms with van der Waals surface area (Å²) in [5.74, 6) is 1.80. The van der Waals surface area contributed by atoms with Crippen LogP contribution in [-0.4, -0.2) is 19.7 Å². The summed E-state index contributed by atoms with van der Waals surface area (Å²) in [7, 11) is -1.87. The van der Waals surface area contributed by atoms with Crippen molar-refractivity contribution in [3.05, 3.63) is 11.6 Å². The fourth-order valence-corrected chi connectivity index (χ4v) is 6.64. The summed E-state index contributed by atoms with van der Waals surface area (Å²) < 4.78 is 6.97. The molecule has 4 aliphatic carbocycles. The maximum Gasteiger partial charge on any atom is 0.193 e. The number of Topliss-reactive ketones (excluding diaryl/α,β-unsaturated/α-hetero) is 1. The van der Waals surface area contributed by atoms with Gasteiger partial charge in [0.05, 0.1) is 11.0 Å². The van der Waals surface area contributed by atoms with Crippen molar-refractivity contribution in [2.45, 2.75) is 83.0 Å². The molecule has 0 aromatic carbocycles. The molecule has 122 valence electrons. The molecule has 4 rings (SSSR count). The Labute approximate surface area is 135 Å². The van der Waals surface area contributed by atoms with Crippen LogP contribution in [0.15, 0.2) is 11.6 Å². The Morgan fingerprint density at radius 3 is 2.45 bits per heavy atom. The molecule has 0 N–H and O–H groups in total. The summed E-state index contributed by atoms with van der Waals surface area (Å²) in [6.45, 7) is 11.6. The Bertz CT molecular complexity index is 566. The normalized spacial score (nSPS) is 41.0. The van der Waals surface area contributed by atoms with E-state index in [9.17, 15) is 4.79 Å². The molecular formula is C19H30O2Si. The fourth-order valence-electron chi connectivity index (χ4n) is 5.11. The zero-order chi connectivity index (χ0) is 16.0. The molecule has 3 saturated carbocycles. The topological polar surface area (TPSA) is 26.3 Å². The lowest BCUT2D eigenvalue weighted by Crippen LogP contribution is -2.67. The second-order valence-electron chi connectivity index (χ2n) is 9.69. The molecular weight excluding hydrogens is 288 g/mol. The third-order valence-electron chi connectivity index (χ3n) is 7.43. The maximum absolute atomic E-state index is 12.7. The standard InChI is InChI=1S/C19H30O2Si/c1-17(2,3)22(4,5)21-18-11-14(13-8-9-13)15-7-6-10-19(15,18)16(20)12-18/h11,13,15H,6-10,12H2,1-5H3/t15-,18-,19-/m1/s1. The number of carbonyl (C=O) groups is 1. The fraction of sp³-hybridized carbons (Fsp3) is 0.842. The van der Waals surface area contributed by atoms with Gasteiger partial charge in [-0.15, -0.1) is 0 Å². The number of carbonyl (C=O) groups excluding carboxylic acids is 1. The maximum atomic E-state index is 12.7. The van der Waals surface area contributed by atoms with Gasteiger partial charge >= 0.3 is 0 Å². The molecule has 0 aliphatic heterocycles. The van der Waals surface area contributed by atoms with Crippen LogP contribution in [0.3, 0.4) is 0 Å². The van der Waals surface area contributed by atoms with Crippen molar-refractivity contribution >= 4 is 14.1 Å². The number of hydrogen-bond acceptors (Lipinski definition) is 2. The molecule has 3 fully saturated rings. The van der Waals surface area contributed by atoms with Gasteiger partial charge in [0.1, 0.15) is 5.78 Å². The summed E-state index contributed by atoms with van der Waals surface area (Å²) in [4.78, 5) is 12.7. The SMILES string of the molecule is CC(C)(C)[Si](C)(C)O[C@@]12C=C(C3CC3)[C@H]3CCC[C@]31C(=O)C2. The Morgan fingerprint density at radius 1 is 1.23 bits per heavy atom. The molecule has 0 amide bonds. The van der Waals surface area contributed by atoms with Crippen LogP contribution in [0.1, 0.15) is 59.3 Å². The highest BCUT2D eigenvalue weighted by molar-refractivity contribution is 6.74. The molecule has 22 heavy (non-hydrogen) atoms. The lowest BCUT2D eigenvalue weighted by molar-refractivity contribution is -0.168. The molecule has 3 heteroatoms. The van der Waals surface area contributed by atoms with Crippen LogP contribution in [0.4, 0.5) is 0 Å². The number of hydrogen-bond donors (Lipinski definition) is 0. The third kappa shape index (κ3) is 1.67. The summed E-state index contributed by atoms with van der Waals surface area (Å²) >= 11 is 0. The van der Waals surface area contributed by atoms with Crippen molar-refractivity contribution in [1.29, 1.82) is 0 Å². The largest absolute Gasteiger partial charge is 0.406 e. The van der Waals surface area contributed by atoms with E-state index in [2.05, 4.69) is 39.9 Å². The van der Waals surface area contributed by atoms with Gasteiger partial charge in [-0.3, -0.25) is 4.79 Å². The highest BCUT2D eigenvalue weighted by atomic mass is 28.4. The van der Waals surface area contributed by atoms with E-state index in [4.69, 9.17) is 4.43 Å². The van der Waals surface area contributed by atoms with E-state index in [0.717, 1.165) is 12.3 Å². The molecule has 2 nitrogen and oxygen atoms in total. The molecule has 0 saturated heterocycles. The Balaban J connectivity index is 1.74. The minimum Gasteiger partial charge on any atom is -0.406 e.